The lowest BCUT2D eigenvalue weighted by molar-refractivity contribution is 0.559. The van der Waals surface area contributed by atoms with Crippen LogP contribution in [0.5, 0.6) is 0 Å². The summed E-state index contributed by atoms with van der Waals surface area (Å²) in [5.74, 6) is 0.178. The minimum absolute atomic E-state index is 0.255. The molecular formula is C12H13N5O2S. The molecule has 20 heavy (non-hydrogen) atoms. The molecule has 0 bridgehead atoms. The van der Waals surface area contributed by atoms with E-state index >= 15 is 0 Å². The van der Waals surface area contributed by atoms with Gasteiger partial charge in [-0.25, -0.2) is 18.1 Å². The molecule has 1 atom stereocenters. The Hall–Kier alpha value is -2.24. The van der Waals surface area contributed by atoms with Gasteiger partial charge < -0.3 is 0 Å². The monoisotopic (exact) mass is 291 g/mol. The van der Waals surface area contributed by atoms with Crippen LogP contribution in [-0.2, 0) is 15.8 Å². The van der Waals surface area contributed by atoms with Crippen LogP contribution in [0.3, 0.4) is 0 Å². The van der Waals surface area contributed by atoms with E-state index in [1.54, 1.807) is 31.2 Å². The molecule has 0 saturated carbocycles. The first-order valence-corrected chi connectivity index (χ1v) is 7.50. The predicted octanol–water partition coefficient (Wildman–Crippen LogP) is 0.857. The highest BCUT2D eigenvalue weighted by Crippen LogP contribution is 2.13. The molecule has 0 fully saturated rings. The van der Waals surface area contributed by atoms with Gasteiger partial charge in [0.1, 0.15) is 12.2 Å². The third-order valence-electron chi connectivity index (χ3n) is 2.68. The fraction of sp³-hybridized carbons (Fsp3) is 0.250. The quantitative estimate of drug-likeness (QED) is 0.848. The SMILES string of the molecule is CC(NS(=O)(=O)Cc1ccccc1C#N)c1ncn[nH]1. The van der Waals surface area contributed by atoms with E-state index < -0.39 is 16.1 Å². The van der Waals surface area contributed by atoms with Crippen molar-refractivity contribution in [2.24, 2.45) is 0 Å². The number of aromatic amines is 1. The number of H-pyrrole nitrogens is 1. The number of benzene rings is 1. The molecule has 2 rings (SSSR count). The zero-order chi connectivity index (χ0) is 14.6. The maximum atomic E-state index is 12.1. The molecule has 0 aliphatic heterocycles. The Bertz CT molecular complexity index is 719. The molecule has 0 radical (unpaired) electrons. The highest BCUT2D eigenvalue weighted by atomic mass is 32.2. The summed E-state index contributed by atoms with van der Waals surface area (Å²) in [6.07, 6.45) is 1.31. The van der Waals surface area contributed by atoms with Crippen LogP contribution in [0.1, 0.15) is 29.9 Å². The molecule has 8 heteroatoms. The smallest absolute Gasteiger partial charge is 0.216 e. The Kier molecular flexibility index (Phi) is 4.12. The van der Waals surface area contributed by atoms with Gasteiger partial charge in [0.25, 0.3) is 0 Å². The fourth-order valence-electron chi connectivity index (χ4n) is 1.75. The van der Waals surface area contributed by atoms with Gasteiger partial charge in [-0.15, -0.1) is 0 Å². The van der Waals surface area contributed by atoms with Crippen LogP contribution in [-0.4, -0.2) is 23.6 Å². The van der Waals surface area contributed by atoms with Crippen LogP contribution in [0.4, 0.5) is 0 Å². The van der Waals surface area contributed by atoms with Gasteiger partial charge in [0.05, 0.1) is 23.4 Å². The maximum Gasteiger partial charge on any atom is 0.216 e. The molecule has 1 heterocycles. The van der Waals surface area contributed by atoms with E-state index in [0.717, 1.165) is 0 Å². The number of hydrogen-bond acceptors (Lipinski definition) is 5. The zero-order valence-corrected chi connectivity index (χ0v) is 11.6. The van der Waals surface area contributed by atoms with Gasteiger partial charge >= 0.3 is 0 Å². The van der Waals surface area contributed by atoms with Gasteiger partial charge in [-0.1, -0.05) is 18.2 Å². The van der Waals surface area contributed by atoms with Crippen molar-refractivity contribution in [3.8, 4) is 6.07 Å². The second kappa shape index (κ2) is 5.81. The van der Waals surface area contributed by atoms with Crippen LogP contribution < -0.4 is 4.72 Å². The molecule has 2 N–H and O–H groups in total. The van der Waals surface area contributed by atoms with E-state index in [2.05, 4.69) is 19.9 Å². The number of hydrogen-bond donors (Lipinski definition) is 2. The highest BCUT2D eigenvalue weighted by molar-refractivity contribution is 7.88. The molecule has 1 aromatic heterocycles. The van der Waals surface area contributed by atoms with Gasteiger partial charge in [0.2, 0.25) is 10.0 Å². The number of nitrogens with one attached hydrogen (secondary N) is 2. The third kappa shape index (κ3) is 3.40. The van der Waals surface area contributed by atoms with Gasteiger partial charge in [-0.3, -0.25) is 5.10 Å². The largest absolute Gasteiger partial charge is 0.262 e. The van der Waals surface area contributed by atoms with Crippen LogP contribution >= 0.6 is 0 Å². The number of rotatable bonds is 5. The van der Waals surface area contributed by atoms with E-state index in [-0.39, 0.29) is 5.75 Å². The normalized spacial score (nSPS) is 12.8. The second-order valence-corrected chi connectivity index (χ2v) is 5.99. The van der Waals surface area contributed by atoms with E-state index in [4.69, 9.17) is 5.26 Å². The molecular weight excluding hydrogens is 278 g/mol. The van der Waals surface area contributed by atoms with Gasteiger partial charge in [0.15, 0.2) is 0 Å². The van der Waals surface area contributed by atoms with Crippen molar-refractivity contribution >= 4 is 10.0 Å². The van der Waals surface area contributed by atoms with Crippen molar-refractivity contribution < 1.29 is 8.42 Å². The molecule has 2 aromatic rings. The topological polar surface area (TPSA) is 112 Å². The van der Waals surface area contributed by atoms with Crippen LogP contribution in [0, 0.1) is 11.3 Å². The summed E-state index contributed by atoms with van der Waals surface area (Å²) in [5, 5.41) is 15.2. The fourth-order valence-corrected chi connectivity index (χ4v) is 3.15. The van der Waals surface area contributed by atoms with E-state index in [9.17, 15) is 8.42 Å². The first-order valence-electron chi connectivity index (χ1n) is 5.85. The summed E-state index contributed by atoms with van der Waals surface area (Å²) in [6, 6.07) is 8.06. The molecule has 1 unspecified atom stereocenters. The standard InChI is InChI=1S/C12H13N5O2S/c1-9(12-14-8-15-16-12)17-20(18,19)7-11-5-3-2-4-10(11)6-13/h2-5,8-9,17H,7H2,1H3,(H,14,15,16). The van der Waals surface area contributed by atoms with Crippen molar-refractivity contribution in [1.82, 2.24) is 19.9 Å². The third-order valence-corrected chi connectivity index (χ3v) is 4.09. The predicted molar refractivity (Wildman–Crippen MR) is 71.7 cm³/mol. The lowest BCUT2D eigenvalue weighted by atomic mass is 10.1. The molecule has 0 aliphatic rings. The summed E-state index contributed by atoms with van der Waals surface area (Å²) in [6.45, 7) is 1.66. The van der Waals surface area contributed by atoms with Gasteiger partial charge in [-0.2, -0.15) is 10.4 Å². The summed E-state index contributed by atoms with van der Waals surface area (Å²) < 4.78 is 26.7. The molecule has 1 aromatic carbocycles. The maximum absolute atomic E-state index is 12.1. The Labute approximate surface area is 116 Å². The van der Waals surface area contributed by atoms with Crippen molar-refractivity contribution in [3.63, 3.8) is 0 Å². The summed E-state index contributed by atoms with van der Waals surface area (Å²) in [7, 11) is -3.58. The summed E-state index contributed by atoms with van der Waals surface area (Å²) >= 11 is 0. The van der Waals surface area contributed by atoms with E-state index in [0.29, 0.717) is 17.0 Å². The van der Waals surface area contributed by atoms with E-state index in [1.807, 2.05) is 6.07 Å². The first-order chi connectivity index (χ1) is 9.52. The van der Waals surface area contributed by atoms with Crippen LogP contribution in [0.25, 0.3) is 0 Å². The Morgan fingerprint density at radius 2 is 2.20 bits per heavy atom. The van der Waals surface area contributed by atoms with Crippen molar-refractivity contribution in [2.75, 3.05) is 0 Å². The minimum atomic E-state index is -3.58. The Balaban J connectivity index is 2.14. The van der Waals surface area contributed by atoms with Gasteiger partial charge in [0, 0.05) is 0 Å². The number of sulfonamides is 1. The lowest BCUT2D eigenvalue weighted by Crippen LogP contribution is -2.29. The van der Waals surface area contributed by atoms with Crippen molar-refractivity contribution in [1.29, 1.82) is 5.26 Å². The summed E-state index contributed by atoms with van der Waals surface area (Å²) in [4.78, 5) is 3.90. The first kappa shape index (κ1) is 14.2. The number of nitrogens with zero attached hydrogens (tertiary/aromatic N) is 3. The zero-order valence-electron chi connectivity index (χ0n) is 10.7. The molecule has 0 spiro atoms. The Morgan fingerprint density at radius 1 is 1.45 bits per heavy atom. The molecule has 104 valence electrons. The average molecular weight is 291 g/mol. The van der Waals surface area contributed by atoms with Crippen molar-refractivity contribution in [3.05, 3.63) is 47.5 Å². The molecule has 0 aliphatic carbocycles. The molecule has 7 nitrogen and oxygen atoms in total. The van der Waals surface area contributed by atoms with Crippen LogP contribution in [0.2, 0.25) is 0 Å². The molecule has 0 saturated heterocycles. The average Bonchev–Trinajstić information content (AvgIpc) is 2.92. The van der Waals surface area contributed by atoms with Crippen molar-refractivity contribution in [2.45, 2.75) is 18.7 Å². The van der Waals surface area contributed by atoms with Crippen LogP contribution in [0.15, 0.2) is 30.6 Å². The van der Waals surface area contributed by atoms with Gasteiger partial charge in [-0.05, 0) is 18.6 Å². The number of nitriles is 1. The highest BCUT2D eigenvalue weighted by Gasteiger charge is 2.19. The lowest BCUT2D eigenvalue weighted by Gasteiger charge is -2.12. The molecule has 0 amide bonds. The second-order valence-electron chi connectivity index (χ2n) is 4.24. The minimum Gasteiger partial charge on any atom is -0.262 e. The Morgan fingerprint density at radius 3 is 2.85 bits per heavy atom. The van der Waals surface area contributed by atoms with E-state index in [1.165, 1.54) is 6.33 Å². The number of aromatic nitrogens is 3. The summed E-state index contributed by atoms with van der Waals surface area (Å²) in [5.41, 5.74) is 0.817.